The highest BCUT2D eigenvalue weighted by molar-refractivity contribution is 5.65. The van der Waals surface area contributed by atoms with Gasteiger partial charge in [0.2, 0.25) is 0 Å². The summed E-state index contributed by atoms with van der Waals surface area (Å²) in [6.07, 6.45) is 7.29. The molecule has 1 unspecified atom stereocenters. The molecular weight excluding hydrogens is 328 g/mol. The Morgan fingerprint density at radius 2 is 1.73 bits per heavy atom. The molecule has 1 aliphatic heterocycles. The van der Waals surface area contributed by atoms with Gasteiger partial charge < -0.3 is 14.6 Å². The molecule has 2 saturated carbocycles. The first-order valence-corrected chi connectivity index (χ1v) is 10.4. The van der Waals surface area contributed by atoms with Crippen molar-refractivity contribution in [3.05, 3.63) is 0 Å². The zero-order chi connectivity index (χ0) is 19.4. The predicted octanol–water partition coefficient (Wildman–Crippen LogP) is 4.48. The molecule has 4 nitrogen and oxygen atoms in total. The number of carbonyl (C=O) groups is 1. The predicted molar refractivity (Wildman–Crippen MR) is 102 cm³/mol. The van der Waals surface area contributed by atoms with E-state index in [1.807, 2.05) is 6.92 Å². The van der Waals surface area contributed by atoms with Crippen LogP contribution in [0.2, 0.25) is 0 Å². The second-order valence-corrected chi connectivity index (χ2v) is 10.6. The molecule has 0 spiro atoms. The monoisotopic (exact) mass is 366 g/mol. The normalized spacial score (nSPS) is 46.0. The molecule has 26 heavy (non-hydrogen) atoms. The molecular formula is C22H38O4. The Labute approximate surface area is 159 Å². The Morgan fingerprint density at radius 1 is 1.08 bits per heavy atom. The molecule has 0 amide bonds. The maximum absolute atomic E-state index is 11.1. The topological polar surface area (TPSA) is 55.8 Å². The number of hydrogen-bond acceptors (Lipinski definition) is 4. The number of aliphatic hydroxyl groups is 1. The molecule has 0 aromatic heterocycles. The van der Waals surface area contributed by atoms with Crippen molar-refractivity contribution >= 4 is 5.97 Å². The van der Waals surface area contributed by atoms with Crippen molar-refractivity contribution in [1.29, 1.82) is 0 Å². The van der Waals surface area contributed by atoms with Crippen LogP contribution in [0.25, 0.3) is 0 Å². The van der Waals surface area contributed by atoms with Gasteiger partial charge in [-0.3, -0.25) is 4.79 Å². The van der Waals surface area contributed by atoms with Crippen molar-refractivity contribution in [2.24, 2.45) is 22.7 Å². The van der Waals surface area contributed by atoms with E-state index in [0.29, 0.717) is 16.7 Å². The Morgan fingerprint density at radius 3 is 2.38 bits per heavy atom. The van der Waals surface area contributed by atoms with Crippen molar-refractivity contribution < 1.29 is 19.4 Å². The number of aliphatic hydroxyl groups excluding tert-OH is 1. The van der Waals surface area contributed by atoms with Crippen LogP contribution in [-0.4, -0.2) is 35.0 Å². The van der Waals surface area contributed by atoms with Gasteiger partial charge >= 0.3 is 5.97 Å². The Kier molecular flexibility index (Phi) is 5.02. The molecule has 0 bridgehead atoms. The van der Waals surface area contributed by atoms with Crippen LogP contribution in [0.5, 0.6) is 0 Å². The van der Waals surface area contributed by atoms with Crippen LogP contribution < -0.4 is 0 Å². The van der Waals surface area contributed by atoms with Crippen LogP contribution in [0.4, 0.5) is 0 Å². The van der Waals surface area contributed by atoms with Crippen molar-refractivity contribution in [1.82, 2.24) is 0 Å². The summed E-state index contributed by atoms with van der Waals surface area (Å²) in [7, 11) is 0. The highest BCUT2D eigenvalue weighted by atomic mass is 16.6. The van der Waals surface area contributed by atoms with Crippen LogP contribution in [0.15, 0.2) is 0 Å². The van der Waals surface area contributed by atoms with E-state index in [2.05, 4.69) is 27.7 Å². The molecule has 2 aliphatic carbocycles. The molecule has 1 saturated heterocycles. The summed E-state index contributed by atoms with van der Waals surface area (Å²) in [6, 6.07) is 0. The second kappa shape index (κ2) is 6.48. The minimum atomic E-state index is -0.780. The lowest BCUT2D eigenvalue weighted by Gasteiger charge is -2.65. The van der Waals surface area contributed by atoms with Gasteiger partial charge in [-0.25, -0.2) is 0 Å². The maximum Gasteiger partial charge on any atom is 0.302 e. The van der Waals surface area contributed by atoms with E-state index >= 15 is 0 Å². The van der Waals surface area contributed by atoms with Crippen LogP contribution in [0.3, 0.4) is 0 Å². The van der Waals surface area contributed by atoms with Crippen molar-refractivity contribution in [3.8, 4) is 0 Å². The summed E-state index contributed by atoms with van der Waals surface area (Å²) in [5, 5.41) is 10.7. The number of carbonyl (C=O) groups excluding carboxylic acids is 1. The van der Waals surface area contributed by atoms with Gasteiger partial charge in [0, 0.05) is 6.92 Å². The molecule has 150 valence electrons. The van der Waals surface area contributed by atoms with E-state index in [4.69, 9.17) is 9.47 Å². The van der Waals surface area contributed by atoms with E-state index < -0.39 is 11.7 Å². The van der Waals surface area contributed by atoms with E-state index in [1.54, 1.807) is 0 Å². The first-order valence-electron chi connectivity index (χ1n) is 10.4. The third kappa shape index (κ3) is 3.22. The van der Waals surface area contributed by atoms with Gasteiger partial charge in [-0.2, -0.15) is 0 Å². The van der Waals surface area contributed by atoms with E-state index in [-0.39, 0.29) is 18.2 Å². The van der Waals surface area contributed by atoms with Gasteiger partial charge in [-0.05, 0) is 75.0 Å². The van der Waals surface area contributed by atoms with Crippen molar-refractivity contribution in [2.75, 3.05) is 6.61 Å². The molecule has 3 rings (SSSR count). The van der Waals surface area contributed by atoms with Gasteiger partial charge in [0.1, 0.15) is 12.7 Å². The van der Waals surface area contributed by atoms with Crippen molar-refractivity contribution in [3.63, 3.8) is 0 Å². The molecule has 6 atom stereocenters. The average Bonchev–Trinajstić information content (AvgIpc) is 2.50. The number of fused-ring (bicyclic) bond motifs is 3. The van der Waals surface area contributed by atoms with Crippen LogP contribution >= 0.6 is 0 Å². The third-order valence-electron chi connectivity index (χ3n) is 8.28. The fraction of sp³-hybridized carbons (Fsp3) is 0.955. The number of ether oxygens (including phenoxy) is 2. The summed E-state index contributed by atoms with van der Waals surface area (Å²) < 4.78 is 11.8. The lowest BCUT2D eigenvalue weighted by Crippen LogP contribution is -2.65. The highest BCUT2D eigenvalue weighted by Crippen LogP contribution is 2.65. The zero-order valence-electron chi connectivity index (χ0n) is 17.6. The molecule has 0 aromatic rings. The first kappa shape index (κ1) is 20.1. The van der Waals surface area contributed by atoms with Gasteiger partial charge in [-0.1, -0.05) is 27.2 Å². The summed E-state index contributed by atoms with van der Waals surface area (Å²) in [5.74, 6) is 0.924. The van der Waals surface area contributed by atoms with Crippen LogP contribution in [0, 0.1) is 22.7 Å². The summed E-state index contributed by atoms with van der Waals surface area (Å²) >= 11 is 0. The minimum Gasteiger partial charge on any atom is -0.463 e. The van der Waals surface area contributed by atoms with E-state index in [1.165, 1.54) is 32.6 Å². The molecule has 0 radical (unpaired) electrons. The number of hydrogen-bond donors (Lipinski definition) is 1. The number of esters is 1. The molecule has 1 N–H and O–H groups in total. The van der Waals surface area contributed by atoms with Gasteiger partial charge in [-0.15, -0.1) is 0 Å². The molecule has 3 aliphatic rings. The maximum atomic E-state index is 11.1. The van der Waals surface area contributed by atoms with Gasteiger partial charge in [0.25, 0.3) is 0 Å². The fourth-order valence-corrected chi connectivity index (χ4v) is 6.99. The number of rotatable bonds is 3. The average molecular weight is 367 g/mol. The Hall–Kier alpha value is -0.610. The zero-order valence-corrected chi connectivity index (χ0v) is 17.6. The molecule has 3 fully saturated rings. The lowest BCUT2D eigenvalue weighted by atomic mass is 9.44. The largest absolute Gasteiger partial charge is 0.463 e. The fourth-order valence-electron chi connectivity index (χ4n) is 6.99. The summed E-state index contributed by atoms with van der Waals surface area (Å²) in [5.41, 5.74) is -0.127. The Bertz CT molecular complexity index is 558. The first-order chi connectivity index (χ1) is 11.9. The minimum absolute atomic E-state index is 0.0134. The van der Waals surface area contributed by atoms with Gasteiger partial charge in [0.05, 0.1) is 11.2 Å². The quantitative estimate of drug-likeness (QED) is 0.748. The van der Waals surface area contributed by atoms with E-state index in [9.17, 15) is 9.90 Å². The second-order valence-electron chi connectivity index (χ2n) is 10.6. The highest BCUT2D eigenvalue weighted by Gasteiger charge is 2.62. The van der Waals surface area contributed by atoms with E-state index in [0.717, 1.165) is 25.2 Å². The van der Waals surface area contributed by atoms with Crippen molar-refractivity contribution in [2.45, 2.75) is 104 Å². The molecule has 4 heteroatoms. The SMILES string of the molecule is CC(=O)OCC(O)[C@]1(C)CC[C@@H]2[C@@]3(C)CCCC(C)(C)[C@@H]3CC[C@@]2(C)O1. The summed E-state index contributed by atoms with van der Waals surface area (Å²) in [4.78, 5) is 11.1. The third-order valence-corrected chi connectivity index (χ3v) is 8.28. The van der Waals surface area contributed by atoms with Crippen LogP contribution in [-0.2, 0) is 14.3 Å². The smallest absolute Gasteiger partial charge is 0.302 e. The lowest BCUT2D eigenvalue weighted by molar-refractivity contribution is -0.288. The standard InChI is InChI=1S/C22H38O4/c1-15(23)25-14-18(24)22(6)13-9-17-20(4)11-7-10-19(2,3)16(20)8-12-21(17,5)26-22/h16-18,24H,7-14H2,1-6H3/t16-,17+,18?,20-,21+,22-/m0/s1. The Balaban J connectivity index is 1.81. The molecule has 0 aromatic carbocycles. The summed E-state index contributed by atoms with van der Waals surface area (Å²) in [6.45, 7) is 13.0. The molecule has 1 heterocycles. The van der Waals surface area contributed by atoms with Gasteiger partial charge in [0.15, 0.2) is 0 Å². The van der Waals surface area contributed by atoms with Crippen LogP contribution in [0.1, 0.15) is 86.5 Å².